The number of carbonyl (C=O) groups excluding carboxylic acids is 2. The predicted octanol–water partition coefficient (Wildman–Crippen LogP) is 1.72. The van der Waals surface area contributed by atoms with E-state index in [4.69, 9.17) is 0 Å². The second-order valence-corrected chi connectivity index (χ2v) is 5.74. The van der Waals surface area contributed by atoms with Crippen molar-refractivity contribution in [2.75, 3.05) is 0 Å². The third-order valence-corrected chi connectivity index (χ3v) is 3.94. The third-order valence-electron chi connectivity index (χ3n) is 3.94. The molecule has 2 rings (SSSR count). The fourth-order valence-corrected chi connectivity index (χ4v) is 2.58. The summed E-state index contributed by atoms with van der Waals surface area (Å²) in [5.74, 6) is 0.0843. The van der Waals surface area contributed by atoms with Crippen LogP contribution in [0.2, 0.25) is 0 Å². The molecule has 6 nitrogen and oxygen atoms in total. The van der Waals surface area contributed by atoms with E-state index in [1.807, 2.05) is 19.1 Å². The van der Waals surface area contributed by atoms with Crippen molar-refractivity contribution in [1.82, 2.24) is 20.9 Å². The molecule has 0 bridgehead atoms. The Hall–Kier alpha value is -2.11. The minimum Gasteiger partial charge on any atom is -0.352 e. The molecule has 1 saturated heterocycles. The first-order valence-corrected chi connectivity index (χ1v) is 7.88. The quantitative estimate of drug-likeness (QED) is 0.639. The van der Waals surface area contributed by atoms with E-state index in [-0.39, 0.29) is 24.0 Å². The van der Waals surface area contributed by atoms with Gasteiger partial charge in [-0.2, -0.15) is 0 Å². The zero-order chi connectivity index (χ0) is 15.8. The first-order valence-electron chi connectivity index (χ1n) is 7.88. The molecule has 0 spiro atoms. The minimum absolute atomic E-state index is 0.0759. The molecule has 1 aliphatic heterocycles. The topological polar surface area (TPSA) is 83.1 Å². The number of nitrogens with one attached hydrogen (secondary N) is 3. The van der Waals surface area contributed by atoms with E-state index in [0.29, 0.717) is 13.0 Å². The zero-order valence-corrected chi connectivity index (χ0v) is 13.0. The normalized spacial score (nSPS) is 20.3. The number of hydrogen-bond donors (Lipinski definition) is 3. The summed E-state index contributed by atoms with van der Waals surface area (Å²) in [5.41, 5.74) is 1.06. The Labute approximate surface area is 131 Å². The lowest BCUT2D eigenvalue weighted by atomic mass is 10.0. The lowest BCUT2D eigenvalue weighted by molar-refractivity contribution is -0.121. The van der Waals surface area contributed by atoms with Crippen molar-refractivity contribution >= 4 is 11.9 Å². The van der Waals surface area contributed by atoms with Crippen molar-refractivity contribution in [3.63, 3.8) is 0 Å². The van der Waals surface area contributed by atoms with Crippen LogP contribution >= 0.6 is 0 Å². The van der Waals surface area contributed by atoms with Gasteiger partial charge >= 0.3 is 6.03 Å². The number of aromatic nitrogens is 1. The highest BCUT2D eigenvalue weighted by molar-refractivity contribution is 5.77. The third kappa shape index (κ3) is 5.35. The summed E-state index contributed by atoms with van der Waals surface area (Å²) in [6, 6.07) is 4.12. The van der Waals surface area contributed by atoms with Crippen LogP contribution in [0.15, 0.2) is 24.5 Å². The molecular weight excluding hydrogens is 280 g/mol. The van der Waals surface area contributed by atoms with Crippen LogP contribution in [0.4, 0.5) is 4.79 Å². The summed E-state index contributed by atoms with van der Waals surface area (Å²) in [6.07, 6.45) is 7.85. The van der Waals surface area contributed by atoms with Gasteiger partial charge < -0.3 is 16.0 Å². The highest BCUT2D eigenvalue weighted by atomic mass is 16.2. The van der Waals surface area contributed by atoms with Gasteiger partial charge in [0.15, 0.2) is 0 Å². The van der Waals surface area contributed by atoms with Crippen molar-refractivity contribution in [3.05, 3.63) is 30.1 Å². The molecule has 0 aromatic carbocycles. The van der Waals surface area contributed by atoms with Gasteiger partial charge in [-0.1, -0.05) is 12.8 Å². The average molecular weight is 304 g/mol. The van der Waals surface area contributed by atoms with Crippen molar-refractivity contribution in [2.24, 2.45) is 0 Å². The van der Waals surface area contributed by atoms with Gasteiger partial charge in [0.1, 0.15) is 0 Å². The molecule has 0 aliphatic carbocycles. The van der Waals surface area contributed by atoms with Gasteiger partial charge in [0.2, 0.25) is 5.91 Å². The number of pyridine rings is 1. The smallest absolute Gasteiger partial charge is 0.315 e. The maximum Gasteiger partial charge on any atom is 0.315 e. The number of carbonyl (C=O) groups is 2. The van der Waals surface area contributed by atoms with Crippen LogP contribution in [-0.4, -0.2) is 29.0 Å². The van der Waals surface area contributed by atoms with E-state index < -0.39 is 0 Å². The molecule has 1 fully saturated rings. The SMILES string of the molecule is CC1NC(=O)NC1CCCCCC(=O)NCc1ccncc1. The maximum atomic E-state index is 11.7. The number of urea groups is 1. The lowest BCUT2D eigenvalue weighted by Crippen LogP contribution is -2.30. The van der Waals surface area contributed by atoms with E-state index in [2.05, 4.69) is 20.9 Å². The van der Waals surface area contributed by atoms with Crippen molar-refractivity contribution in [1.29, 1.82) is 0 Å². The summed E-state index contributed by atoms with van der Waals surface area (Å²) in [4.78, 5) is 26.8. The molecule has 2 unspecified atom stereocenters. The molecule has 120 valence electrons. The van der Waals surface area contributed by atoms with Crippen LogP contribution in [0.25, 0.3) is 0 Å². The first-order chi connectivity index (χ1) is 10.6. The molecule has 2 atom stereocenters. The highest BCUT2D eigenvalue weighted by Crippen LogP contribution is 2.11. The van der Waals surface area contributed by atoms with Crippen LogP contribution in [0.1, 0.15) is 44.6 Å². The molecule has 22 heavy (non-hydrogen) atoms. The Bertz CT molecular complexity index is 492. The molecular formula is C16H24N4O2. The first kappa shape index (κ1) is 16.3. The Kier molecular flexibility index (Phi) is 6.18. The molecule has 1 aliphatic rings. The highest BCUT2D eigenvalue weighted by Gasteiger charge is 2.26. The Morgan fingerprint density at radius 3 is 2.68 bits per heavy atom. The molecule has 2 heterocycles. The number of amides is 3. The van der Waals surface area contributed by atoms with E-state index in [1.165, 1.54) is 0 Å². The standard InChI is InChI=1S/C16H24N4O2/c1-12-14(20-16(22)19-12)5-3-2-4-6-15(21)18-11-13-7-9-17-10-8-13/h7-10,12,14H,2-6,11H2,1H3,(H,18,21)(H2,19,20,22). The lowest BCUT2D eigenvalue weighted by Gasteiger charge is -2.13. The van der Waals surface area contributed by atoms with Crippen LogP contribution in [0.3, 0.4) is 0 Å². The number of rotatable bonds is 8. The van der Waals surface area contributed by atoms with Crippen molar-refractivity contribution in [3.8, 4) is 0 Å². The largest absolute Gasteiger partial charge is 0.352 e. The monoisotopic (exact) mass is 304 g/mol. The molecule has 1 aromatic heterocycles. The average Bonchev–Trinajstić information content (AvgIpc) is 2.84. The second kappa shape index (κ2) is 8.36. The summed E-state index contributed by atoms with van der Waals surface area (Å²) in [7, 11) is 0. The van der Waals surface area contributed by atoms with E-state index in [9.17, 15) is 9.59 Å². The van der Waals surface area contributed by atoms with E-state index in [0.717, 1.165) is 31.2 Å². The van der Waals surface area contributed by atoms with Gasteiger partial charge in [-0.05, 0) is 37.5 Å². The molecule has 3 N–H and O–H groups in total. The van der Waals surface area contributed by atoms with Gasteiger partial charge in [-0.3, -0.25) is 9.78 Å². The fourth-order valence-electron chi connectivity index (χ4n) is 2.58. The predicted molar refractivity (Wildman–Crippen MR) is 84.1 cm³/mol. The Morgan fingerprint density at radius 2 is 2.00 bits per heavy atom. The van der Waals surface area contributed by atoms with E-state index >= 15 is 0 Å². The molecule has 0 saturated carbocycles. The summed E-state index contributed by atoms with van der Waals surface area (Å²) < 4.78 is 0. The van der Waals surface area contributed by atoms with Crippen LogP contribution in [-0.2, 0) is 11.3 Å². The zero-order valence-electron chi connectivity index (χ0n) is 13.0. The minimum atomic E-state index is -0.0759. The van der Waals surface area contributed by atoms with Gasteiger partial charge in [-0.15, -0.1) is 0 Å². The Balaban J connectivity index is 1.51. The van der Waals surface area contributed by atoms with Gasteiger partial charge in [0.25, 0.3) is 0 Å². The van der Waals surface area contributed by atoms with Gasteiger partial charge in [-0.25, -0.2) is 4.79 Å². The summed E-state index contributed by atoms with van der Waals surface area (Å²) >= 11 is 0. The van der Waals surface area contributed by atoms with Crippen molar-refractivity contribution in [2.45, 2.75) is 57.7 Å². The van der Waals surface area contributed by atoms with Gasteiger partial charge in [0, 0.05) is 31.4 Å². The van der Waals surface area contributed by atoms with Crippen LogP contribution < -0.4 is 16.0 Å². The Morgan fingerprint density at radius 1 is 1.23 bits per heavy atom. The number of hydrogen-bond acceptors (Lipinski definition) is 3. The second-order valence-electron chi connectivity index (χ2n) is 5.74. The molecule has 0 radical (unpaired) electrons. The molecule has 6 heteroatoms. The number of nitrogens with zero attached hydrogens (tertiary/aromatic N) is 1. The van der Waals surface area contributed by atoms with Crippen molar-refractivity contribution < 1.29 is 9.59 Å². The summed E-state index contributed by atoms with van der Waals surface area (Å²) in [6.45, 7) is 2.56. The van der Waals surface area contributed by atoms with E-state index in [1.54, 1.807) is 12.4 Å². The molecule has 1 aromatic rings. The number of unbranched alkanes of at least 4 members (excludes halogenated alkanes) is 2. The molecule has 3 amide bonds. The van der Waals surface area contributed by atoms with Crippen LogP contribution in [0.5, 0.6) is 0 Å². The fraction of sp³-hybridized carbons (Fsp3) is 0.562. The maximum absolute atomic E-state index is 11.7. The van der Waals surface area contributed by atoms with Gasteiger partial charge in [0.05, 0.1) is 6.04 Å². The summed E-state index contributed by atoms with van der Waals surface area (Å²) in [5, 5.41) is 8.66. The van der Waals surface area contributed by atoms with Crippen LogP contribution in [0, 0.1) is 0 Å².